The van der Waals surface area contributed by atoms with E-state index in [-0.39, 0.29) is 16.9 Å². The van der Waals surface area contributed by atoms with Gasteiger partial charge in [-0.15, -0.1) is 0 Å². The summed E-state index contributed by atoms with van der Waals surface area (Å²) in [6, 6.07) is 0. The van der Waals surface area contributed by atoms with Crippen molar-refractivity contribution in [2.75, 3.05) is 0 Å². The number of fused-ring (bicyclic) bond motifs is 1. The molecule has 0 aromatic rings. The molecule has 1 unspecified atom stereocenters. The Balaban J connectivity index is 1.89. The fraction of sp³-hybridized carbons (Fsp3) is 0.857. The van der Waals surface area contributed by atoms with E-state index >= 15 is 0 Å². The van der Waals surface area contributed by atoms with Crippen LogP contribution >= 0.6 is 0 Å². The van der Waals surface area contributed by atoms with Crippen molar-refractivity contribution in [3.63, 3.8) is 0 Å². The summed E-state index contributed by atoms with van der Waals surface area (Å²) in [5.41, 5.74) is 1.71. The Morgan fingerprint density at radius 1 is 1.38 bits per heavy atom. The first kappa shape index (κ1) is 19.9. The van der Waals surface area contributed by atoms with E-state index < -0.39 is 8.32 Å². The average Bonchev–Trinajstić information content (AvgIpc) is 2.74. The molecule has 0 aliphatic heterocycles. The second-order valence-electron chi connectivity index (χ2n) is 9.95. The second kappa shape index (κ2) is 7.07. The van der Waals surface area contributed by atoms with Crippen LogP contribution in [0.25, 0.3) is 0 Å². The van der Waals surface area contributed by atoms with E-state index in [4.69, 9.17) is 4.43 Å². The quantitative estimate of drug-likeness (QED) is 0.408. The molecule has 3 heteroatoms. The van der Waals surface area contributed by atoms with Crippen molar-refractivity contribution < 1.29 is 9.22 Å². The van der Waals surface area contributed by atoms with E-state index in [1.807, 2.05) is 0 Å². The summed E-state index contributed by atoms with van der Waals surface area (Å²) < 4.78 is 6.33. The first-order valence-corrected chi connectivity index (χ1v) is 13.3. The van der Waals surface area contributed by atoms with Gasteiger partial charge in [-0.3, -0.25) is 4.79 Å². The van der Waals surface area contributed by atoms with Crippen LogP contribution in [0.1, 0.15) is 72.6 Å². The van der Waals surface area contributed by atoms with E-state index in [2.05, 4.69) is 53.4 Å². The largest absolute Gasteiger partial charge is 0.413 e. The van der Waals surface area contributed by atoms with Gasteiger partial charge < -0.3 is 4.43 Å². The summed E-state index contributed by atoms with van der Waals surface area (Å²) in [4.78, 5) is 12.3. The van der Waals surface area contributed by atoms with Gasteiger partial charge in [0.25, 0.3) is 0 Å². The predicted molar refractivity (Wildman–Crippen MR) is 105 cm³/mol. The molecule has 0 heterocycles. The third-order valence-electron chi connectivity index (χ3n) is 6.04. The lowest BCUT2D eigenvalue weighted by atomic mass is 9.63. The van der Waals surface area contributed by atoms with E-state index in [1.54, 1.807) is 5.57 Å². The topological polar surface area (TPSA) is 26.3 Å². The number of hydrogen-bond acceptors (Lipinski definition) is 2. The van der Waals surface area contributed by atoms with Gasteiger partial charge in [-0.25, -0.2) is 0 Å². The molecule has 0 bridgehead atoms. The van der Waals surface area contributed by atoms with Gasteiger partial charge in [0.1, 0.15) is 5.78 Å². The molecule has 0 radical (unpaired) electrons. The lowest BCUT2D eigenvalue weighted by Gasteiger charge is -2.40. The van der Waals surface area contributed by atoms with Crippen LogP contribution < -0.4 is 0 Å². The van der Waals surface area contributed by atoms with Crippen molar-refractivity contribution in [1.82, 2.24) is 0 Å². The maximum Gasteiger partial charge on any atom is 0.184 e. The molecular formula is C21H38O2Si. The van der Waals surface area contributed by atoms with E-state index in [0.29, 0.717) is 11.7 Å². The summed E-state index contributed by atoms with van der Waals surface area (Å²) in [5.74, 6) is 1.37. The number of ketones is 1. The zero-order chi connectivity index (χ0) is 18.2. The number of Topliss-reactive ketones (excluding diaryl/α,β-unsaturated/α-hetero) is 1. The third-order valence-corrected chi connectivity index (χ3v) is 7.20. The Labute approximate surface area is 150 Å². The standard InChI is InChI=1S/C21H38O2Si/c1-16(10-8-14-20(2,3)23-24(5,6)7)17-12-13-18-19(22)11-9-15-21(17,18)4/h12,16,18H,8-11,13-15H2,1-7H3/t16-,18?,21+/m0/s1. The minimum Gasteiger partial charge on any atom is -0.413 e. The minimum absolute atomic E-state index is 0.0124. The predicted octanol–water partition coefficient (Wildman–Crippen LogP) is 6.13. The Kier molecular flexibility index (Phi) is 5.86. The van der Waals surface area contributed by atoms with Crippen LogP contribution in [0.3, 0.4) is 0 Å². The number of carbonyl (C=O) groups is 1. The highest BCUT2D eigenvalue weighted by Gasteiger charge is 2.47. The van der Waals surface area contributed by atoms with Crippen molar-refractivity contribution >= 4 is 14.1 Å². The molecule has 0 saturated heterocycles. The monoisotopic (exact) mass is 350 g/mol. The van der Waals surface area contributed by atoms with Gasteiger partial charge >= 0.3 is 0 Å². The molecule has 1 fully saturated rings. The fourth-order valence-electron chi connectivity index (χ4n) is 5.18. The smallest absolute Gasteiger partial charge is 0.184 e. The molecule has 138 valence electrons. The number of allylic oxidation sites excluding steroid dienone is 2. The van der Waals surface area contributed by atoms with Crippen LogP contribution in [-0.4, -0.2) is 19.7 Å². The number of carbonyl (C=O) groups excluding carboxylic acids is 1. The highest BCUT2D eigenvalue weighted by molar-refractivity contribution is 6.69. The lowest BCUT2D eigenvalue weighted by molar-refractivity contribution is -0.128. The molecule has 2 nitrogen and oxygen atoms in total. The summed E-state index contributed by atoms with van der Waals surface area (Å²) in [6.07, 6.45) is 10.00. The molecule has 2 aliphatic rings. The van der Waals surface area contributed by atoms with Crippen molar-refractivity contribution in [3.05, 3.63) is 11.6 Å². The first-order valence-electron chi connectivity index (χ1n) is 9.88. The Bertz CT molecular complexity index is 500. The second-order valence-corrected chi connectivity index (χ2v) is 14.4. The summed E-state index contributed by atoms with van der Waals surface area (Å²) in [5, 5.41) is 0. The van der Waals surface area contributed by atoms with E-state index in [9.17, 15) is 4.79 Å². The highest BCUT2D eigenvalue weighted by atomic mass is 28.4. The maximum atomic E-state index is 12.3. The molecule has 2 aliphatic carbocycles. The summed E-state index contributed by atoms with van der Waals surface area (Å²) in [7, 11) is -1.49. The third kappa shape index (κ3) is 4.60. The molecular weight excluding hydrogens is 312 g/mol. The van der Waals surface area contributed by atoms with Gasteiger partial charge in [0.05, 0.1) is 5.60 Å². The summed E-state index contributed by atoms with van der Waals surface area (Å²) in [6.45, 7) is 16.0. The normalized spacial score (nSPS) is 29.4. The Morgan fingerprint density at radius 2 is 2.04 bits per heavy atom. The number of rotatable bonds is 7. The van der Waals surface area contributed by atoms with Crippen molar-refractivity contribution in [2.45, 2.75) is 97.9 Å². The summed E-state index contributed by atoms with van der Waals surface area (Å²) >= 11 is 0. The van der Waals surface area contributed by atoms with E-state index in [0.717, 1.165) is 25.7 Å². The van der Waals surface area contributed by atoms with Crippen LogP contribution in [0, 0.1) is 17.3 Å². The SMILES string of the molecule is C[C@@H](CCCC(C)(C)O[Si](C)(C)C)C1=CCC2C(=O)CCC[C@]12C. The van der Waals surface area contributed by atoms with Crippen LogP contribution in [0.15, 0.2) is 11.6 Å². The van der Waals surface area contributed by atoms with Gasteiger partial charge in [-0.05, 0) is 76.9 Å². The molecule has 0 amide bonds. The minimum atomic E-state index is -1.49. The van der Waals surface area contributed by atoms with Gasteiger partial charge in [0.2, 0.25) is 0 Å². The van der Waals surface area contributed by atoms with Gasteiger partial charge in [-0.2, -0.15) is 0 Å². The van der Waals surface area contributed by atoms with Gasteiger partial charge in [0.15, 0.2) is 8.32 Å². The van der Waals surface area contributed by atoms with Crippen LogP contribution in [-0.2, 0) is 9.22 Å². The van der Waals surface area contributed by atoms with Gasteiger partial charge in [0, 0.05) is 12.3 Å². The number of hydrogen-bond donors (Lipinski definition) is 0. The maximum absolute atomic E-state index is 12.3. The molecule has 0 aromatic carbocycles. The zero-order valence-electron chi connectivity index (χ0n) is 17.0. The van der Waals surface area contributed by atoms with Crippen molar-refractivity contribution in [3.8, 4) is 0 Å². The molecule has 1 saturated carbocycles. The van der Waals surface area contributed by atoms with Crippen molar-refractivity contribution in [2.24, 2.45) is 17.3 Å². The fourth-order valence-corrected chi connectivity index (χ4v) is 6.94. The molecule has 2 rings (SSSR count). The van der Waals surface area contributed by atoms with E-state index in [1.165, 1.54) is 19.3 Å². The molecule has 3 atom stereocenters. The van der Waals surface area contributed by atoms with Crippen LogP contribution in [0.5, 0.6) is 0 Å². The lowest BCUT2D eigenvalue weighted by Crippen LogP contribution is -2.38. The van der Waals surface area contributed by atoms with Crippen molar-refractivity contribution in [1.29, 1.82) is 0 Å². The molecule has 24 heavy (non-hydrogen) atoms. The first-order chi connectivity index (χ1) is 10.9. The average molecular weight is 351 g/mol. The van der Waals surface area contributed by atoms with Crippen LogP contribution in [0.2, 0.25) is 19.6 Å². The Hall–Kier alpha value is -0.413. The zero-order valence-corrected chi connectivity index (χ0v) is 18.0. The Morgan fingerprint density at radius 3 is 2.67 bits per heavy atom. The highest BCUT2D eigenvalue weighted by Crippen LogP contribution is 2.53. The van der Waals surface area contributed by atoms with Crippen LogP contribution in [0.4, 0.5) is 0 Å². The molecule has 0 spiro atoms. The molecule has 0 N–H and O–H groups in total. The molecule has 0 aromatic heterocycles. The van der Waals surface area contributed by atoms with Gasteiger partial charge in [-0.1, -0.05) is 31.9 Å².